The molecule has 1 amide bonds. The monoisotopic (exact) mass is 531 g/mol. The summed E-state index contributed by atoms with van der Waals surface area (Å²) in [4.78, 5) is 11.8. The molecule has 0 saturated carbocycles. The van der Waals surface area contributed by atoms with E-state index in [-0.39, 0.29) is 5.91 Å². The van der Waals surface area contributed by atoms with Crippen molar-refractivity contribution in [1.29, 1.82) is 0 Å². The number of halogens is 2. The Balaban J connectivity index is 1.75. The highest BCUT2D eigenvalue weighted by molar-refractivity contribution is 6.42. The van der Waals surface area contributed by atoms with Gasteiger partial charge in [0.1, 0.15) is 5.75 Å². The van der Waals surface area contributed by atoms with Gasteiger partial charge in [-0.15, -0.1) is 0 Å². The summed E-state index contributed by atoms with van der Waals surface area (Å²) in [7, 11) is 2.04. The molecule has 0 unspecified atom stereocenters. The highest BCUT2D eigenvalue weighted by atomic mass is 35.5. The number of ether oxygens (including phenoxy) is 1. The quantitative estimate of drug-likeness (QED) is 0.205. The Labute approximate surface area is 224 Å². The molecule has 36 heavy (non-hydrogen) atoms. The molecule has 3 N–H and O–H groups in total. The maximum Gasteiger partial charge on any atom is 0.282 e. The molecular formula is C28H37Cl2N4O2+. The van der Waals surface area contributed by atoms with Crippen LogP contribution in [0.5, 0.6) is 5.75 Å². The Morgan fingerprint density at radius 2 is 1.83 bits per heavy atom. The second-order valence-corrected chi connectivity index (χ2v) is 9.69. The first-order valence-electron chi connectivity index (χ1n) is 12.7. The molecule has 3 aromatic rings. The van der Waals surface area contributed by atoms with Crippen LogP contribution in [0.4, 0.5) is 0 Å². The summed E-state index contributed by atoms with van der Waals surface area (Å²) >= 11 is 12.7. The third kappa shape index (κ3) is 7.73. The van der Waals surface area contributed by atoms with Crippen LogP contribution in [0, 0.1) is 0 Å². The number of aromatic nitrogens is 2. The van der Waals surface area contributed by atoms with E-state index >= 15 is 0 Å². The highest BCUT2D eigenvalue weighted by Crippen LogP contribution is 2.28. The summed E-state index contributed by atoms with van der Waals surface area (Å²) in [5, 5.41) is 3.89. The molecule has 0 aliphatic carbocycles. The van der Waals surface area contributed by atoms with Crippen LogP contribution in [0.3, 0.4) is 0 Å². The number of imidazole rings is 1. The van der Waals surface area contributed by atoms with Crippen LogP contribution >= 0.6 is 23.2 Å². The summed E-state index contributed by atoms with van der Waals surface area (Å²) in [6, 6.07) is 12.0. The average molecular weight is 533 g/mol. The molecule has 3 rings (SSSR count). The second kappa shape index (κ2) is 14.3. The average Bonchev–Trinajstić information content (AvgIpc) is 3.12. The van der Waals surface area contributed by atoms with Gasteiger partial charge in [0.05, 0.1) is 30.2 Å². The minimum absolute atomic E-state index is 0.0603. The second-order valence-electron chi connectivity index (χ2n) is 8.88. The summed E-state index contributed by atoms with van der Waals surface area (Å²) in [5.74, 6) is 2.00. The van der Waals surface area contributed by atoms with Gasteiger partial charge in [0, 0.05) is 37.7 Å². The van der Waals surface area contributed by atoms with E-state index in [0.29, 0.717) is 29.6 Å². The lowest BCUT2D eigenvalue weighted by atomic mass is 10.2. The van der Waals surface area contributed by atoms with Crippen molar-refractivity contribution in [3.05, 3.63) is 57.8 Å². The smallest absolute Gasteiger partial charge is 0.282 e. The molecule has 0 aliphatic rings. The Morgan fingerprint density at radius 1 is 1.08 bits per heavy atom. The van der Waals surface area contributed by atoms with Crippen molar-refractivity contribution in [3.63, 3.8) is 0 Å². The van der Waals surface area contributed by atoms with Crippen molar-refractivity contribution >= 4 is 52.3 Å². The number of carbonyl (C=O) groups excluding carboxylic acids is 1. The van der Waals surface area contributed by atoms with Gasteiger partial charge in [-0.25, -0.2) is 9.13 Å². The van der Waals surface area contributed by atoms with Crippen molar-refractivity contribution < 1.29 is 14.1 Å². The minimum atomic E-state index is 0.0603. The van der Waals surface area contributed by atoms with Crippen LogP contribution in [0.1, 0.15) is 56.8 Å². The number of nitrogens with zero attached hydrogens (tertiary/aromatic N) is 2. The SMILES string of the molecule is CCCCOc1ccc(/C=C/c2n(CCCCCC(=O)NCCN)c3cc(Cl)c(Cl)cc3[n+]2C)cc1. The zero-order chi connectivity index (χ0) is 25.9. The first-order chi connectivity index (χ1) is 17.4. The third-order valence-electron chi connectivity index (χ3n) is 6.11. The van der Waals surface area contributed by atoms with Crippen LogP contribution in [0.25, 0.3) is 23.2 Å². The lowest BCUT2D eigenvalue weighted by molar-refractivity contribution is -0.647. The number of hydrogen-bond acceptors (Lipinski definition) is 3. The fraction of sp³-hybridized carbons (Fsp3) is 0.429. The number of fused-ring (bicyclic) bond motifs is 1. The zero-order valence-electron chi connectivity index (χ0n) is 21.2. The van der Waals surface area contributed by atoms with Gasteiger partial charge in [-0.2, -0.15) is 0 Å². The first-order valence-corrected chi connectivity index (χ1v) is 13.4. The number of hydrogen-bond donors (Lipinski definition) is 2. The molecule has 1 heterocycles. The van der Waals surface area contributed by atoms with Crippen LogP contribution < -0.4 is 20.4 Å². The van der Waals surface area contributed by atoms with E-state index in [1.54, 1.807) is 0 Å². The molecule has 0 spiro atoms. The predicted molar refractivity (Wildman–Crippen MR) is 149 cm³/mol. The Kier molecular flexibility index (Phi) is 11.1. The highest BCUT2D eigenvalue weighted by Gasteiger charge is 2.22. The Hall–Kier alpha value is -2.54. The molecule has 1 aromatic heterocycles. The van der Waals surface area contributed by atoms with E-state index in [1.165, 1.54) is 0 Å². The van der Waals surface area contributed by atoms with Crippen molar-refractivity contribution in [2.45, 2.75) is 52.0 Å². The van der Waals surface area contributed by atoms with Gasteiger partial charge in [0.25, 0.3) is 5.82 Å². The third-order valence-corrected chi connectivity index (χ3v) is 6.84. The summed E-state index contributed by atoms with van der Waals surface area (Å²) < 4.78 is 10.2. The van der Waals surface area contributed by atoms with E-state index in [0.717, 1.165) is 73.4 Å². The van der Waals surface area contributed by atoms with Crippen LogP contribution in [0.15, 0.2) is 36.4 Å². The van der Waals surface area contributed by atoms with Crippen LogP contribution in [0.2, 0.25) is 10.0 Å². The van der Waals surface area contributed by atoms with Crippen molar-refractivity contribution in [2.24, 2.45) is 12.8 Å². The van der Waals surface area contributed by atoms with Crippen molar-refractivity contribution in [1.82, 2.24) is 9.88 Å². The molecule has 0 aliphatic heterocycles. The standard InChI is InChI=1S/C28H36Cl2N4O2/c1-3-4-18-36-22-12-9-21(10-13-22)11-14-28-33(2)25-19-23(29)24(30)20-26(25)34(28)17-7-5-6-8-27(35)32-16-15-31/h9-14,19-20H,3-8,15-18,31H2,1-2H3/p+1/b14-11+. The van der Waals surface area contributed by atoms with Gasteiger partial charge >= 0.3 is 0 Å². The van der Waals surface area contributed by atoms with Crippen molar-refractivity contribution in [3.8, 4) is 5.75 Å². The zero-order valence-corrected chi connectivity index (χ0v) is 22.7. The van der Waals surface area contributed by atoms with Gasteiger partial charge in [0.2, 0.25) is 5.91 Å². The molecule has 0 fully saturated rings. The lowest BCUT2D eigenvalue weighted by Crippen LogP contribution is -2.31. The minimum Gasteiger partial charge on any atom is -0.494 e. The molecule has 0 atom stereocenters. The number of nitrogens with one attached hydrogen (secondary N) is 1. The van der Waals surface area contributed by atoms with Gasteiger partial charge in [-0.3, -0.25) is 4.79 Å². The fourth-order valence-corrected chi connectivity index (χ4v) is 4.40. The fourth-order valence-electron chi connectivity index (χ4n) is 4.09. The Bertz CT molecular complexity index is 1170. The largest absolute Gasteiger partial charge is 0.494 e. The predicted octanol–water partition coefficient (Wildman–Crippen LogP) is 5.76. The topological polar surface area (TPSA) is 73.2 Å². The number of benzene rings is 2. The van der Waals surface area contributed by atoms with Crippen molar-refractivity contribution in [2.75, 3.05) is 19.7 Å². The van der Waals surface area contributed by atoms with Gasteiger partial charge in [0.15, 0.2) is 11.0 Å². The van der Waals surface area contributed by atoms with Gasteiger partial charge in [-0.05, 0) is 49.5 Å². The van der Waals surface area contributed by atoms with E-state index in [2.05, 4.69) is 45.7 Å². The van der Waals surface area contributed by atoms with E-state index < -0.39 is 0 Å². The van der Waals surface area contributed by atoms with E-state index in [4.69, 9.17) is 33.7 Å². The molecule has 0 saturated heterocycles. The molecule has 194 valence electrons. The molecular weight excluding hydrogens is 495 g/mol. The van der Waals surface area contributed by atoms with Crippen LogP contribution in [-0.4, -0.2) is 30.2 Å². The number of rotatable bonds is 14. The summed E-state index contributed by atoms with van der Waals surface area (Å²) in [5.41, 5.74) is 8.59. The molecule has 8 heteroatoms. The number of aryl methyl sites for hydroxylation is 2. The summed E-state index contributed by atoms with van der Waals surface area (Å²) in [6.07, 6.45) is 9.64. The number of amides is 1. The maximum absolute atomic E-state index is 11.8. The molecule has 0 bridgehead atoms. The van der Waals surface area contributed by atoms with E-state index in [9.17, 15) is 4.79 Å². The number of carbonyl (C=O) groups is 1. The maximum atomic E-state index is 11.8. The number of nitrogens with two attached hydrogens (primary N) is 1. The summed E-state index contributed by atoms with van der Waals surface area (Å²) in [6.45, 7) is 4.69. The van der Waals surface area contributed by atoms with E-state index in [1.807, 2.05) is 31.3 Å². The molecule has 6 nitrogen and oxygen atoms in total. The van der Waals surface area contributed by atoms with Crippen LogP contribution in [-0.2, 0) is 18.4 Å². The lowest BCUT2D eigenvalue weighted by Gasteiger charge is -2.05. The normalized spacial score (nSPS) is 11.5. The number of unbranched alkanes of at least 4 members (excludes halogenated alkanes) is 3. The van der Waals surface area contributed by atoms with Gasteiger partial charge in [-0.1, -0.05) is 48.7 Å². The van der Waals surface area contributed by atoms with Gasteiger partial charge < -0.3 is 15.8 Å². The molecule has 2 aromatic carbocycles. The molecule has 0 radical (unpaired) electrons. The first kappa shape index (κ1) is 28.0. The Morgan fingerprint density at radius 3 is 2.56 bits per heavy atom.